The lowest BCUT2D eigenvalue weighted by atomic mass is 10.4. The van der Waals surface area contributed by atoms with Crippen LogP contribution in [0.15, 0.2) is 12.5 Å². The molecular formula is C7H11IN2. The second-order valence-corrected chi connectivity index (χ2v) is 4.11. The topological polar surface area (TPSA) is 17.8 Å². The van der Waals surface area contributed by atoms with E-state index in [-0.39, 0.29) is 0 Å². The van der Waals surface area contributed by atoms with Crippen molar-refractivity contribution in [3.63, 3.8) is 0 Å². The van der Waals surface area contributed by atoms with Crippen molar-refractivity contribution in [3.8, 4) is 0 Å². The van der Waals surface area contributed by atoms with Gasteiger partial charge in [0.05, 0.1) is 15.9 Å². The minimum Gasteiger partial charge on any atom is -0.337 e. The summed E-state index contributed by atoms with van der Waals surface area (Å²) in [6.07, 6.45) is 3.97. The van der Waals surface area contributed by atoms with Crippen LogP contribution in [0.3, 0.4) is 0 Å². The Morgan fingerprint density at radius 1 is 1.80 bits per heavy atom. The molecule has 10 heavy (non-hydrogen) atoms. The first-order valence-corrected chi connectivity index (χ1v) is 4.64. The van der Waals surface area contributed by atoms with Gasteiger partial charge in [-0.15, -0.1) is 0 Å². The Morgan fingerprint density at radius 3 is 2.80 bits per heavy atom. The number of aromatic nitrogens is 2. The summed E-state index contributed by atoms with van der Waals surface area (Å²) < 4.78 is 2.61. The lowest BCUT2D eigenvalue weighted by Crippen LogP contribution is -1.87. The molecule has 0 aliphatic heterocycles. The highest BCUT2D eigenvalue weighted by Gasteiger charge is 2.02. The molecule has 1 atom stereocenters. The van der Waals surface area contributed by atoms with Gasteiger partial charge in [-0.1, -0.05) is 22.6 Å². The number of aryl methyl sites for hydroxylation is 1. The summed E-state index contributed by atoms with van der Waals surface area (Å²) in [6.45, 7) is 5.27. The van der Waals surface area contributed by atoms with Crippen molar-refractivity contribution in [2.24, 2.45) is 0 Å². The molecule has 0 aliphatic carbocycles. The van der Waals surface area contributed by atoms with Gasteiger partial charge >= 0.3 is 0 Å². The van der Waals surface area contributed by atoms with Crippen LogP contribution < -0.4 is 0 Å². The van der Waals surface area contributed by atoms with Crippen molar-refractivity contribution in [2.45, 2.75) is 24.3 Å². The first-order chi connectivity index (χ1) is 4.74. The van der Waals surface area contributed by atoms with Crippen LogP contribution in [-0.2, 0) is 6.54 Å². The Balaban J connectivity index is 2.78. The van der Waals surface area contributed by atoms with Crippen molar-refractivity contribution in [1.29, 1.82) is 0 Å². The van der Waals surface area contributed by atoms with Crippen LogP contribution in [0.25, 0.3) is 0 Å². The Morgan fingerprint density at radius 2 is 2.50 bits per heavy atom. The molecule has 1 heterocycles. The summed E-state index contributed by atoms with van der Waals surface area (Å²) in [6, 6.07) is 0. The molecule has 0 N–H and O–H groups in total. The maximum Gasteiger partial charge on any atom is 0.0949 e. The minimum atomic E-state index is 0.519. The zero-order valence-electron chi connectivity index (χ0n) is 6.21. The highest BCUT2D eigenvalue weighted by molar-refractivity contribution is 14.1. The number of hydrogen-bond acceptors (Lipinski definition) is 1. The van der Waals surface area contributed by atoms with E-state index in [1.807, 2.05) is 6.33 Å². The number of alkyl halides is 1. The zero-order valence-corrected chi connectivity index (χ0v) is 8.37. The van der Waals surface area contributed by atoms with Crippen LogP contribution in [0.5, 0.6) is 0 Å². The van der Waals surface area contributed by atoms with E-state index in [0.29, 0.717) is 3.92 Å². The monoisotopic (exact) mass is 250 g/mol. The molecule has 1 aromatic rings. The van der Waals surface area contributed by atoms with Crippen LogP contribution in [0, 0.1) is 0 Å². The third-order valence-electron chi connectivity index (χ3n) is 1.43. The molecule has 0 saturated carbocycles. The largest absolute Gasteiger partial charge is 0.337 e. The maximum absolute atomic E-state index is 4.24. The molecule has 56 valence electrons. The molecule has 1 aromatic heterocycles. The van der Waals surface area contributed by atoms with Gasteiger partial charge < -0.3 is 4.57 Å². The second kappa shape index (κ2) is 3.37. The third-order valence-corrected chi connectivity index (χ3v) is 2.06. The smallest absolute Gasteiger partial charge is 0.0949 e. The highest BCUT2D eigenvalue weighted by atomic mass is 127. The van der Waals surface area contributed by atoms with E-state index in [0.717, 1.165) is 6.54 Å². The molecule has 0 aromatic carbocycles. The fraction of sp³-hybridized carbons (Fsp3) is 0.571. The fourth-order valence-corrected chi connectivity index (χ4v) is 1.08. The number of halogens is 1. The number of imidazole rings is 1. The van der Waals surface area contributed by atoms with Gasteiger partial charge in [0, 0.05) is 12.7 Å². The van der Waals surface area contributed by atoms with Gasteiger partial charge in [-0.2, -0.15) is 0 Å². The molecule has 2 nitrogen and oxygen atoms in total. The zero-order chi connectivity index (χ0) is 7.56. The van der Waals surface area contributed by atoms with Crippen molar-refractivity contribution >= 4 is 22.6 Å². The first kappa shape index (κ1) is 8.04. The van der Waals surface area contributed by atoms with Crippen LogP contribution in [0.1, 0.15) is 23.5 Å². The molecule has 0 bridgehead atoms. The van der Waals surface area contributed by atoms with Crippen molar-refractivity contribution in [1.82, 2.24) is 9.55 Å². The van der Waals surface area contributed by atoms with E-state index < -0.39 is 0 Å². The van der Waals surface area contributed by atoms with E-state index in [1.165, 1.54) is 5.69 Å². The Hall–Kier alpha value is -0.0600. The van der Waals surface area contributed by atoms with Crippen molar-refractivity contribution in [2.75, 3.05) is 0 Å². The number of hydrogen-bond donors (Lipinski definition) is 0. The van der Waals surface area contributed by atoms with Gasteiger partial charge in [0.15, 0.2) is 0 Å². The molecule has 3 heteroatoms. The van der Waals surface area contributed by atoms with Gasteiger partial charge in [0.2, 0.25) is 0 Å². The van der Waals surface area contributed by atoms with Crippen LogP contribution in [0.2, 0.25) is 0 Å². The molecule has 0 saturated heterocycles. The summed E-state index contributed by atoms with van der Waals surface area (Å²) in [5.74, 6) is 0. The maximum atomic E-state index is 4.24. The van der Waals surface area contributed by atoms with Crippen molar-refractivity contribution in [3.05, 3.63) is 18.2 Å². The van der Waals surface area contributed by atoms with E-state index in [2.05, 4.69) is 52.2 Å². The predicted molar refractivity (Wildman–Crippen MR) is 50.3 cm³/mol. The summed E-state index contributed by atoms with van der Waals surface area (Å²) in [7, 11) is 0. The molecule has 0 radical (unpaired) electrons. The predicted octanol–water partition coefficient (Wildman–Crippen LogP) is 2.40. The average molecular weight is 250 g/mol. The van der Waals surface area contributed by atoms with E-state index >= 15 is 0 Å². The van der Waals surface area contributed by atoms with E-state index in [1.54, 1.807) is 0 Å². The van der Waals surface area contributed by atoms with Crippen LogP contribution >= 0.6 is 22.6 Å². The summed E-state index contributed by atoms with van der Waals surface area (Å²) in [4.78, 5) is 4.24. The van der Waals surface area contributed by atoms with Gasteiger partial charge in [-0.05, 0) is 13.8 Å². The fourth-order valence-electron chi connectivity index (χ4n) is 0.756. The Kier molecular flexibility index (Phi) is 2.71. The van der Waals surface area contributed by atoms with E-state index in [4.69, 9.17) is 0 Å². The van der Waals surface area contributed by atoms with Gasteiger partial charge in [0.25, 0.3) is 0 Å². The molecule has 0 amide bonds. The van der Waals surface area contributed by atoms with Crippen LogP contribution in [-0.4, -0.2) is 9.55 Å². The first-order valence-electron chi connectivity index (χ1n) is 3.39. The van der Waals surface area contributed by atoms with Gasteiger partial charge in [-0.3, -0.25) is 0 Å². The van der Waals surface area contributed by atoms with E-state index in [9.17, 15) is 0 Å². The number of rotatable bonds is 2. The lowest BCUT2D eigenvalue weighted by molar-refractivity contribution is 0.760. The molecule has 1 unspecified atom stereocenters. The highest BCUT2D eigenvalue weighted by Crippen LogP contribution is 2.19. The molecule has 0 fully saturated rings. The van der Waals surface area contributed by atoms with Gasteiger partial charge in [-0.25, -0.2) is 4.98 Å². The quantitative estimate of drug-likeness (QED) is 0.582. The van der Waals surface area contributed by atoms with Crippen LogP contribution in [0.4, 0.5) is 0 Å². The SMILES string of the molecule is CCn1cnc(C(C)I)c1. The molecule has 0 aliphatic rings. The number of nitrogens with zero attached hydrogens (tertiary/aromatic N) is 2. The Labute approximate surface area is 74.8 Å². The summed E-state index contributed by atoms with van der Waals surface area (Å²) >= 11 is 2.36. The lowest BCUT2D eigenvalue weighted by Gasteiger charge is -1.94. The average Bonchev–Trinajstić information content (AvgIpc) is 2.34. The molecular weight excluding hydrogens is 239 g/mol. The Bertz CT molecular complexity index is 205. The normalized spacial score (nSPS) is 13.5. The van der Waals surface area contributed by atoms with Gasteiger partial charge in [0.1, 0.15) is 0 Å². The third kappa shape index (κ3) is 1.71. The summed E-state index contributed by atoms with van der Waals surface area (Å²) in [5.41, 5.74) is 1.17. The summed E-state index contributed by atoms with van der Waals surface area (Å²) in [5, 5.41) is 0. The molecule has 1 rings (SSSR count). The minimum absolute atomic E-state index is 0.519. The van der Waals surface area contributed by atoms with Crippen molar-refractivity contribution < 1.29 is 0 Å². The standard InChI is InChI=1S/C7H11IN2/c1-3-10-4-7(6(2)8)9-5-10/h4-6H,3H2,1-2H3. The second-order valence-electron chi connectivity index (χ2n) is 2.24. The molecule has 0 spiro atoms.